The van der Waals surface area contributed by atoms with Gasteiger partial charge in [0.1, 0.15) is 0 Å². The zero-order chi connectivity index (χ0) is 15.5. The van der Waals surface area contributed by atoms with Gasteiger partial charge in [0.15, 0.2) is 5.13 Å². The molecule has 0 saturated heterocycles. The fraction of sp³-hybridized carbons (Fsp3) is 0.500. The van der Waals surface area contributed by atoms with Crippen LogP contribution in [0.3, 0.4) is 0 Å². The molecule has 1 aromatic heterocycles. The van der Waals surface area contributed by atoms with Crippen LogP contribution in [0.1, 0.15) is 28.8 Å². The monoisotopic (exact) mass is 316 g/mol. The Balaban J connectivity index is 1.69. The van der Waals surface area contributed by atoms with Gasteiger partial charge >= 0.3 is 0 Å². The fourth-order valence-corrected chi connectivity index (χ4v) is 3.96. The van der Waals surface area contributed by atoms with Gasteiger partial charge in [0.05, 0.1) is 26.3 Å². The summed E-state index contributed by atoms with van der Waals surface area (Å²) < 4.78 is 0. The van der Waals surface area contributed by atoms with E-state index in [1.54, 1.807) is 11.3 Å². The van der Waals surface area contributed by atoms with Crippen molar-refractivity contribution in [3.8, 4) is 11.3 Å². The molecule has 2 N–H and O–H groups in total. The van der Waals surface area contributed by atoms with Crippen molar-refractivity contribution in [2.75, 3.05) is 32.5 Å². The van der Waals surface area contributed by atoms with Crippen LogP contribution >= 0.6 is 11.3 Å². The molecule has 118 valence electrons. The first-order valence-electron chi connectivity index (χ1n) is 8.26. The summed E-state index contributed by atoms with van der Waals surface area (Å²) in [5.41, 5.74) is 5.48. The molecule has 22 heavy (non-hydrogen) atoms. The highest BCUT2D eigenvalue weighted by atomic mass is 32.1. The smallest absolute Gasteiger partial charge is 0.183 e. The van der Waals surface area contributed by atoms with Crippen LogP contribution in [0, 0.1) is 6.92 Å². The zero-order valence-electron chi connectivity index (χ0n) is 13.8. The summed E-state index contributed by atoms with van der Waals surface area (Å²) in [5, 5.41) is 4.53. The number of benzene rings is 1. The van der Waals surface area contributed by atoms with Gasteiger partial charge in [-0.05, 0) is 43.4 Å². The molecule has 1 aliphatic rings. The maximum Gasteiger partial charge on any atom is 0.183 e. The van der Waals surface area contributed by atoms with Crippen LogP contribution in [0.15, 0.2) is 18.2 Å². The molecule has 1 aliphatic carbocycles. The summed E-state index contributed by atoms with van der Waals surface area (Å²) in [6.07, 6.45) is 4.95. The zero-order valence-corrected chi connectivity index (χ0v) is 14.6. The third-order valence-electron chi connectivity index (χ3n) is 4.30. The van der Waals surface area contributed by atoms with Gasteiger partial charge in [-0.3, -0.25) is 0 Å². The number of anilines is 1. The predicted molar refractivity (Wildman–Crippen MR) is 95.1 cm³/mol. The number of nitrogens with one attached hydrogen (secondary N) is 2. The van der Waals surface area contributed by atoms with Crippen molar-refractivity contribution < 1.29 is 4.90 Å². The van der Waals surface area contributed by atoms with E-state index >= 15 is 0 Å². The Bertz CT molecular complexity index is 646. The fourth-order valence-electron chi connectivity index (χ4n) is 3.10. The Hall–Kier alpha value is -1.39. The van der Waals surface area contributed by atoms with Crippen LogP contribution in [-0.2, 0) is 12.8 Å². The Morgan fingerprint density at radius 2 is 2.05 bits per heavy atom. The second kappa shape index (κ2) is 6.80. The van der Waals surface area contributed by atoms with Crippen LogP contribution in [0.5, 0.6) is 0 Å². The lowest BCUT2D eigenvalue weighted by molar-refractivity contribution is -0.858. The number of thiazole rings is 1. The lowest BCUT2D eigenvalue weighted by Gasteiger charge is -2.06. The van der Waals surface area contributed by atoms with E-state index in [0.717, 1.165) is 17.4 Å². The minimum atomic E-state index is 1.00. The van der Waals surface area contributed by atoms with E-state index in [1.165, 1.54) is 58.7 Å². The molecule has 0 aliphatic heterocycles. The summed E-state index contributed by atoms with van der Waals surface area (Å²) in [7, 11) is 4.39. The molecule has 0 unspecified atom stereocenters. The van der Waals surface area contributed by atoms with Gasteiger partial charge in [-0.2, -0.15) is 0 Å². The van der Waals surface area contributed by atoms with E-state index in [-0.39, 0.29) is 0 Å². The lowest BCUT2D eigenvalue weighted by atomic mass is 10.0. The number of nitrogens with zero attached hydrogens (tertiary/aromatic N) is 1. The maximum atomic E-state index is 4.82. The minimum Gasteiger partial charge on any atom is -0.361 e. The molecule has 0 saturated carbocycles. The average molecular weight is 316 g/mol. The van der Waals surface area contributed by atoms with Gasteiger partial charge in [0.2, 0.25) is 0 Å². The Kier molecular flexibility index (Phi) is 4.79. The Labute approximate surface area is 137 Å². The minimum absolute atomic E-state index is 1.00. The first-order valence-corrected chi connectivity index (χ1v) is 9.07. The van der Waals surface area contributed by atoms with E-state index < -0.39 is 0 Å². The number of hydrogen-bond donors (Lipinski definition) is 2. The van der Waals surface area contributed by atoms with E-state index in [1.807, 2.05) is 0 Å². The summed E-state index contributed by atoms with van der Waals surface area (Å²) in [6.45, 7) is 4.37. The predicted octanol–water partition coefficient (Wildman–Crippen LogP) is 2.55. The molecular formula is C18H26N3S+. The van der Waals surface area contributed by atoms with Gasteiger partial charge < -0.3 is 10.2 Å². The third kappa shape index (κ3) is 3.50. The number of rotatable bonds is 6. The van der Waals surface area contributed by atoms with Crippen molar-refractivity contribution in [3.63, 3.8) is 0 Å². The van der Waals surface area contributed by atoms with E-state index in [9.17, 15) is 0 Å². The van der Waals surface area contributed by atoms with Gasteiger partial charge in [-0.15, -0.1) is 11.3 Å². The first kappa shape index (κ1) is 15.5. The molecule has 1 aromatic carbocycles. The second-order valence-electron chi connectivity index (χ2n) is 6.50. The summed E-state index contributed by atoms with van der Waals surface area (Å²) >= 11 is 1.77. The van der Waals surface area contributed by atoms with Gasteiger partial charge in [-0.1, -0.05) is 12.1 Å². The molecule has 0 radical (unpaired) electrons. The van der Waals surface area contributed by atoms with E-state index in [0.29, 0.717) is 0 Å². The number of aryl methyl sites for hydroxylation is 3. The van der Waals surface area contributed by atoms with Crippen LogP contribution in [0.4, 0.5) is 5.13 Å². The molecule has 0 amide bonds. The van der Waals surface area contributed by atoms with Crippen LogP contribution in [0.2, 0.25) is 0 Å². The van der Waals surface area contributed by atoms with Crippen LogP contribution < -0.4 is 10.2 Å². The van der Waals surface area contributed by atoms with E-state index in [2.05, 4.69) is 44.5 Å². The average Bonchev–Trinajstić information content (AvgIpc) is 3.08. The largest absolute Gasteiger partial charge is 0.361 e. The molecule has 1 heterocycles. The topological polar surface area (TPSA) is 29.4 Å². The highest BCUT2D eigenvalue weighted by molar-refractivity contribution is 7.16. The van der Waals surface area contributed by atoms with Crippen LogP contribution in [0.25, 0.3) is 11.3 Å². The lowest BCUT2D eigenvalue weighted by Crippen LogP contribution is -3.05. The molecule has 0 atom stereocenters. The molecule has 3 nitrogen and oxygen atoms in total. The maximum absolute atomic E-state index is 4.82. The van der Waals surface area contributed by atoms with Crippen LogP contribution in [-0.4, -0.2) is 32.2 Å². The number of hydrogen-bond acceptors (Lipinski definition) is 3. The summed E-state index contributed by atoms with van der Waals surface area (Å²) in [5.74, 6) is 0. The molecule has 0 spiro atoms. The first-order chi connectivity index (χ1) is 10.6. The van der Waals surface area contributed by atoms with Crippen molar-refractivity contribution in [1.29, 1.82) is 0 Å². The highest BCUT2D eigenvalue weighted by Gasteiger charge is 2.14. The third-order valence-corrected chi connectivity index (χ3v) is 5.23. The number of aromatic nitrogens is 1. The van der Waals surface area contributed by atoms with Crippen molar-refractivity contribution >= 4 is 16.5 Å². The second-order valence-corrected chi connectivity index (χ2v) is 7.70. The van der Waals surface area contributed by atoms with Crippen molar-refractivity contribution in [2.45, 2.75) is 32.6 Å². The number of fused-ring (bicyclic) bond motifs is 1. The Morgan fingerprint density at radius 1 is 1.23 bits per heavy atom. The van der Waals surface area contributed by atoms with Gasteiger partial charge in [0.25, 0.3) is 0 Å². The molecule has 0 fully saturated rings. The van der Waals surface area contributed by atoms with E-state index in [4.69, 9.17) is 4.98 Å². The molecule has 4 heteroatoms. The highest BCUT2D eigenvalue weighted by Crippen LogP contribution is 2.33. The quantitative estimate of drug-likeness (QED) is 0.802. The molecular weight excluding hydrogens is 290 g/mol. The summed E-state index contributed by atoms with van der Waals surface area (Å²) in [4.78, 5) is 7.62. The summed E-state index contributed by atoms with van der Waals surface area (Å²) in [6, 6.07) is 6.89. The molecule has 0 bridgehead atoms. The van der Waals surface area contributed by atoms with Gasteiger partial charge in [-0.25, -0.2) is 4.98 Å². The van der Waals surface area contributed by atoms with Gasteiger partial charge in [0, 0.05) is 23.4 Å². The SMILES string of the molecule is Cc1sc(NCCC[NH+](C)C)nc1-c1ccc2c(c1)CCC2. The number of quaternary nitrogens is 1. The Morgan fingerprint density at radius 3 is 2.86 bits per heavy atom. The molecule has 2 aromatic rings. The van der Waals surface area contributed by atoms with Crippen molar-refractivity contribution in [1.82, 2.24) is 4.98 Å². The van der Waals surface area contributed by atoms with Crippen molar-refractivity contribution in [3.05, 3.63) is 34.2 Å². The molecule has 3 rings (SSSR count). The standard InChI is InChI=1S/C18H25N3S/c1-13-17(16-9-8-14-6-4-7-15(14)12-16)20-18(22-13)19-10-5-11-21(2)3/h8-9,12H,4-7,10-11H2,1-3H3,(H,19,20)/p+1. The normalized spacial score (nSPS) is 13.6. The van der Waals surface area contributed by atoms with Crippen molar-refractivity contribution in [2.24, 2.45) is 0 Å².